The van der Waals surface area contributed by atoms with Crippen LogP contribution in [0.15, 0.2) is 0 Å². The monoisotopic (exact) mass is 197 g/mol. The lowest BCUT2D eigenvalue weighted by molar-refractivity contribution is -0.161. The highest BCUT2D eigenvalue weighted by atomic mass is 16.5. The lowest BCUT2D eigenvalue weighted by Gasteiger charge is -2.49. The molecule has 14 heavy (non-hydrogen) atoms. The third-order valence-electron chi connectivity index (χ3n) is 3.98. The predicted molar refractivity (Wildman–Crippen MR) is 58.3 cm³/mol. The molecule has 4 atom stereocenters. The van der Waals surface area contributed by atoms with Gasteiger partial charge in [0.25, 0.3) is 0 Å². The molecule has 0 radical (unpaired) electrons. The predicted octanol–water partition coefficient (Wildman–Crippen LogP) is 2.19. The van der Waals surface area contributed by atoms with Crippen LogP contribution in [0.5, 0.6) is 0 Å². The van der Waals surface area contributed by atoms with Crippen molar-refractivity contribution < 1.29 is 4.74 Å². The van der Waals surface area contributed by atoms with Crippen molar-refractivity contribution in [3.63, 3.8) is 0 Å². The van der Waals surface area contributed by atoms with Crippen LogP contribution in [0.3, 0.4) is 0 Å². The van der Waals surface area contributed by atoms with Crippen molar-refractivity contribution in [3.8, 4) is 0 Å². The second kappa shape index (κ2) is 3.82. The third-order valence-corrected chi connectivity index (χ3v) is 3.98. The second-order valence-electron chi connectivity index (χ2n) is 5.41. The van der Waals surface area contributed by atoms with Gasteiger partial charge in [-0.2, -0.15) is 0 Å². The summed E-state index contributed by atoms with van der Waals surface area (Å²) in [4.78, 5) is 0. The van der Waals surface area contributed by atoms with Crippen molar-refractivity contribution in [3.05, 3.63) is 0 Å². The molecular formula is C12H23NO. The fraction of sp³-hybridized carbons (Fsp3) is 1.00. The van der Waals surface area contributed by atoms with E-state index >= 15 is 0 Å². The van der Waals surface area contributed by atoms with Crippen LogP contribution in [0.25, 0.3) is 0 Å². The van der Waals surface area contributed by atoms with Crippen LogP contribution in [0.4, 0.5) is 0 Å². The molecule has 0 bridgehead atoms. The quantitative estimate of drug-likeness (QED) is 0.643. The maximum Gasteiger partial charge on any atom is 0.0838 e. The maximum absolute atomic E-state index is 6.23. The van der Waals surface area contributed by atoms with Crippen LogP contribution in [0.1, 0.15) is 40.0 Å². The van der Waals surface area contributed by atoms with Crippen LogP contribution >= 0.6 is 0 Å². The summed E-state index contributed by atoms with van der Waals surface area (Å²) < 4.78 is 6.23. The molecule has 1 N–H and O–H groups in total. The lowest BCUT2D eigenvalue weighted by Crippen LogP contribution is -2.58. The van der Waals surface area contributed by atoms with Crippen LogP contribution in [0, 0.1) is 11.8 Å². The van der Waals surface area contributed by atoms with Crippen molar-refractivity contribution in [2.24, 2.45) is 11.8 Å². The first kappa shape index (κ1) is 10.4. The molecule has 2 fully saturated rings. The maximum atomic E-state index is 6.23. The molecule has 2 rings (SSSR count). The lowest BCUT2D eigenvalue weighted by atomic mass is 9.71. The Hall–Kier alpha value is -0.0800. The smallest absolute Gasteiger partial charge is 0.0838 e. The van der Waals surface area contributed by atoms with Gasteiger partial charge in [-0.15, -0.1) is 0 Å². The molecule has 1 aliphatic heterocycles. The van der Waals surface area contributed by atoms with E-state index in [0.717, 1.165) is 19.0 Å². The molecule has 4 unspecified atom stereocenters. The number of hydrogen-bond acceptors (Lipinski definition) is 2. The highest BCUT2D eigenvalue weighted by Crippen LogP contribution is 2.40. The molecule has 1 aliphatic carbocycles. The molecule has 82 valence electrons. The summed E-state index contributed by atoms with van der Waals surface area (Å²) in [6.07, 6.45) is 4.33. The molecule has 1 spiro atoms. The van der Waals surface area contributed by atoms with Crippen LogP contribution in [-0.2, 0) is 4.74 Å². The van der Waals surface area contributed by atoms with Gasteiger partial charge in [0.15, 0.2) is 0 Å². The van der Waals surface area contributed by atoms with Gasteiger partial charge in [-0.25, -0.2) is 0 Å². The molecule has 2 nitrogen and oxygen atoms in total. The van der Waals surface area contributed by atoms with Gasteiger partial charge >= 0.3 is 0 Å². The molecule has 2 heteroatoms. The fourth-order valence-electron chi connectivity index (χ4n) is 3.07. The summed E-state index contributed by atoms with van der Waals surface area (Å²) in [5, 5.41) is 3.52. The van der Waals surface area contributed by atoms with Crippen LogP contribution < -0.4 is 5.32 Å². The van der Waals surface area contributed by atoms with Gasteiger partial charge < -0.3 is 10.1 Å². The Morgan fingerprint density at radius 3 is 2.71 bits per heavy atom. The minimum Gasteiger partial charge on any atom is -0.369 e. The Morgan fingerprint density at radius 2 is 2.00 bits per heavy atom. The standard InChI is InChI=1S/C12H23NO/c1-9-4-5-10(2)12(6-9)8-13-7-11(3)14-12/h9-11,13H,4-8H2,1-3H3. The number of rotatable bonds is 0. The zero-order valence-corrected chi connectivity index (χ0v) is 9.68. The van der Waals surface area contributed by atoms with E-state index in [9.17, 15) is 0 Å². The van der Waals surface area contributed by atoms with Gasteiger partial charge in [0.1, 0.15) is 0 Å². The molecular weight excluding hydrogens is 174 g/mol. The molecule has 0 amide bonds. The Balaban J connectivity index is 2.10. The zero-order chi connectivity index (χ0) is 10.2. The normalized spacial score (nSPS) is 49.5. The van der Waals surface area contributed by atoms with Crippen LogP contribution in [0.2, 0.25) is 0 Å². The summed E-state index contributed by atoms with van der Waals surface area (Å²) in [7, 11) is 0. The molecule has 1 saturated carbocycles. The average molecular weight is 197 g/mol. The summed E-state index contributed by atoms with van der Waals surface area (Å²) in [5.41, 5.74) is 0.148. The summed E-state index contributed by atoms with van der Waals surface area (Å²) in [5.74, 6) is 1.55. The van der Waals surface area contributed by atoms with Gasteiger partial charge in [-0.3, -0.25) is 0 Å². The molecule has 1 saturated heterocycles. The van der Waals surface area contributed by atoms with Crippen molar-refractivity contribution in [1.29, 1.82) is 0 Å². The van der Waals surface area contributed by atoms with Crippen molar-refractivity contribution in [1.82, 2.24) is 5.32 Å². The molecule has 1 heterocycles. The number of nitrogens with one attached hydrogen (secondary N) is 1. The first-order valence-corrected chi connectivity index (χ1v) is 6.01. The van der Waals surface area contributed by atoms with E-state index in [0.29, 0.717) is 12.0 Å². The SMILES string of the molecule is CC1CCC(C)C2(CNCC(C)O2)C1. The molecule has 0 aromatic carbocycles. The van der Waals surface area contributed by atoms with E-state index in [1.807, 2.05) is 0 Å². The van der Waals surface area contributed by atoms with Gasteiger partial charge in [-0.1, -0.05) is 20.3 Å². The summed E-state index contributed by atoms with van der Waals surface area (Å²) >= 11 is 0. The minimum atomic E-state index is 0.148. The zero-order valence-electron chi connectivity index (χ0n) is 9.68. The number of hydrogen-bond donors (Lipinski definition) is 1. The Labute approximate surface area is 87.4 Å². The Kier molecular flexibility index (Phi) is 2.85. The van der Waals surface area contributed by atoms with E-state index in [4.69, 9.17) is 4.74 Å². The molecule has 0 aromatic rings. The molecule has 0 aromatic heterocycles. The third kappa shape index (κ3) is 1.82. The van der Waals surface area contributed by atoms with E-state index in [1.54, 1.807) is 0 Å². The Morgan fingerprint density at radius 1 is 1.21 bits per heavy atom. The highest BCUT2D eigenvalue weighted by molar-refractivity contribution is 4.96. The van der Waals surface area contributed by atoms with Gasteiger partial charge in [-0.05, 0) is 31.6 Å². The minimum absolute atomic E-state index is 0.148. The van der Waals surface area contributed by atoms with Crippen LogP contribution in [-0.4, -0.2) is 24.8 Å². The molecule has 2 aliphatic rings. The van der Waals surface area contributed by atoms with Gasteiger partial charge in [0, 0.05) is 13.1 Å². The fourth-order valence-corrected chi connectivity index (χ4v) is 3.07. The van der Waals surface area contributed by atoms with Gasteiger partial charge in [0.2, 0.25) is 0 Å². The second-order valence-corrected chi connectivity index (χ2v) is 5.41. The van der Waals surface area contributed by atoms with E-state index in [2.05, 4.69) is 26.1 Å². The Bertz CT molecular complexity index is 198. The number of ether oxygens (including phenoxy) is 1. The number of morpholine rings is 1. The first-order valence-electron chi connectivity index (χ1n) is 6.01. The van der Waals surface area contributed by atoms with Crippen molar-refractivity contribution in [2.75, 3.05) is 13.1 Å². The summed E-state index contributed by atoms with van der Waals surface area (Å²) in [6.45, 7) is 8.97. The van der Waals surface area contributed by atoms with Crippen molar-refractivity contribution >= 4 is 0 Å². The summed E-state index contributed by atoms with van der Waals surface area (Å²) in [6, 6.07) is 0. The topological polar surface area (TPSA) is 21.3 Å². The highest BCUT2D eigenvalue weighted by Gasteiger charge is 2.44. The van der Waals surface area contributed by atoms with Gasteiger partial charge in [0.05, 0.1) is 11.7 Å². The van der Waals surface area contributed by atoms with E-state index in [1.165, 1.54) is 19.3 Å². The van der Waals surface area contributed by atoms with E-state index < -0.39 is 0 Å². The van der Waals surface area contributed by atoms with E-state index in [-0.39, 0.29) is 5.60 Å². The van der Waals surface area contributed by atoms with Crippen molar-refractivity contribution in [2.45, 2.75) is 51.7 Å². The largest absolute Gasteiger partial charge is 0.369 e. The first-order chi connectivity index (χ1) is 6.62. The average Bonchev–Trinajstić information content (AvgIpc) is 2.12.